The molecule has 7 nitrogen and oxygen atoms in total. The predicted molar refractivity (Wildman–Crippen MR) is 125 cm³/mol. The van der Waals surface area contributed by atoms with E-state index in [0.717, 1.165) is 22.6 Å². The molecule has 3 heterocycles. The highest BCUT2D eigenvalue weighted by atomic mass is 32.1. The molecule has 0 saturated carbocycles. The molecule has 160 valence electrons. The molecule has 0 bridgehead atoms. The molecule has 0 N–H and O–H groups in total. The van der Waals surface area contributed by atoms with E-state index in [1.807, 2.05) is 62.4 Å². The first kappa shape index (κ1) is 20.1. The number of hydrogen-bond acceptors (Lipinski definition) is 6. The third-order valence-corrected chi connectivity index (χ3v) is 6.13. The van der Waals surface area contributed by atoms with E-state index in [1.165, 1.54) is 15.9 Å². The third-order valence-electron chi connectivity index (χ3n) is 5.10. The lowest BCUT2D eigenvalue weighted by molar-refractivity contribution is -0.112. The van der Waals surface area contributed by atoms with Gasteiger partial charge in [0.25, 0.3) is 11.5 Å². The summed E-state index contributed by atoms with van der Waals surface area (Å²) in [6.45, 7) is 8.04. The molecule has 0 spiro atoms. The number of carbonyl (C=O) groups is 1. The Morgan fingerprint density at radius 3 is 2.56 bits per heavy atom. The van der Waals surface area contributed by atoms with Crippen molar-refractivity contribution >= 4 is 33.5 Å². The van der Waals surface area contributed by atoms with Crippen molar-refractivity contribution in [3.05, 3.63) is 81.6 Å². The van der Waals surface area contributed by atoms with Gasteiger partial charge in [-0.1, -0.05) is 35.6 Å². The van der Waals surface area contributed by atoms with Crippen LogP contribution in [0.25, 0.3) is 21.9 Å². The number of rotatable bonds is 5. The smallest absolute Gasteiger partial charge is 0.291 e. The van der Waals surface area contributed by atoms with Crippen LogP contribution in [0.2, 0.25) is 0 Å². The van der Waals surface area contributed by atoms with Crippen molar-refractivity contribution < 1.29 is 9.53 Å². The van der Waals surface area contributed by atoms with E-state index in [1.54, 1.807) is 11.0 Å². The summed E-state index contributed by atoms with van der Waals surface area (Å²) in [5, 5.41) is 4.41. The number of thiazole rings is 1. The molecule has 0 saturated heterocycles. The van der Waals surface area contributed by atoms with Gasteiger partial charge in [0.05, 0.1) is 17.4 Å². The second kappa shape index (κ2) is 7.72. The number of anilines is 1. The number of carbonyl (C=O) groups excluding carboxylic acids is 1. The number of nitrogens with zero attached hydrogens (tertiary/aromatic N) is 4. The van der Waals surface area contributed by atoms with Crippen LogP contribution in [0.4, 0.5) is 5.69 Å². The number of aromatic nitrogens is 3. The molecular weight excluding hydrogens is 424 g/mol. The van der Waals surface area contributed by atoms with Gasteiger partial charge in [0, 0.05) is 17.7 Å². The van der Waals surface area contributed by atoms with E-state index >= 15 is 0 Å². The van der Waals surface area contributed by atoms with Gasteiger partial charge in [-0.25, -0.2) is 0 Å². The molecule has 0 radical (unpaired) electrons. The van der Waals surface area contributed by atoms with E-state index in [2.05, 4.69) is 16.7 Å². The van der Waals surface area contributed by atoms with Crippen LogP contribution in [-0.2, 0) is 4.79 Å². The molecule has 0 atom stereocenters. The van der Waals surface area contributed by atoms with Gasteiger partial charge >= 0.3 is 0 Å². The van der Waals surface area contributed by atoms with E-state index < -0.39 is 0 Å². The average Bonchev–Trinajstić information content (AvgIpc) is 3.40. The lowest BCUT2D eigenvalue weighted by Gasteiger charge is -2.13. The monoisotopic (exact) mass is 444 g/mol. The molecule has 1 amide bonds. The van der Waals surface area contributed by atoms with Crippen molar-refractivity contribution in [1.29, 1.82) is 0 Å². The van der Waals surface area contributed by atoms with Crippen LogP contribution < -0.4 is 19.7 Å². The molecule has 0 unspecified atom stereocenters. The Morgan fingerprint density at radius 2 is 1.88 bits per heavy atom. The Morgan fingerprint density at radius 1 is 1.12 bits per heavy atom. The van der Waals surface area contributed by atoms with Gasteiger partial charge in [-0.15, -0.1) is 11.7 Å². The molecular formula is C24H20N4O3S. The summed E-state index contributed by atoms with van der Waals surface area (Å²) in [7, 11) is 0. The van der Waals surface area contributed by atoms with Gasteiger partial charge < -0.3 is 9.64 Å². The van der Waals surface area contributed by atoms with Crippen molar-refractivity contribution in [1.82, 2.24) is 14.6 Å². The van der Waals surface area contributed by atoms with E-state index in [9.17, 15) is 9.59 Å². The Balaban J connectivity index is 1.61. The maximum atomic E-state index is 13.2. The number of hydrogen-bond donors (Lipinski definition) is 0. The van der Waals surface area contributed by atoms with Crippen LogP contribution in [0.1, 0.15) is 19.4 Å². The summed E-state index contributed by atoms with van der Waals surface area (Å²) in [5.74, 6) is 0.997. The number of para-hydroxylation sites is 1. The molecule has 8 heteroatoms. The normalized spacial score (nSPS) is 15.0. The third kappa shape index (κ3) is 3.20. The van der Waals surface area contributed by atoms with Crippen molar-refractivity contribution in [2.24, 2.45) is 0 Å². The van der Waals surface area contributed by atoms with Gasteiger partial charge in [-0.05, 0) is 44.2 Å². The first-order chi connectivity index (χ1) is 15.5. The zero-order valence-electron chi connectivity index (χ0n) is 17.6. The number of fused-ring (bicyclic) bond motifs is 2. The summed E-state index contributed by atoms with van der Waals surface area (Å²) in [5.41, 5.74) is 2.34. The van der Waals surface area contributed by atoms with Gasteiger partial charge in [0.15, 0.2) is 5.82 Å². The highest BCUT2D eigenvalue weighted by Gasteiger charge is 2.33. The van der Waals surface area contributed by atoms with Gasteiger partial charge in [0.2, 0.25) is 4.96 Å². The number of amides is 1. The fourth-order valence-corrected chi connectivity index (χ4v) is 4.77. The minimum Gasteiger partial charge on any atom is -0.491 e. The molecule has 4 aromatic rings. The summed E-state index contributed by atoms with van der Waals surface area (Å²) < 4.78 is 7.28. The SMILES string of the molecule is C=CCN1C(=O)C(=c2sc3nc(-c4ccc(OC(C)C)cc4)nn3c2=O)c2ccccc21. The second-order valence-electron chi connectivity index (χ2n) is 7.65. The fraction of sp³-hybridized carbons (Fsp3) is 0.167. The Hall–Kier alpha value is -3.78. The van der Waals surface area contributed by atoms with Crippen molar-refractivity contribution in [2.45, 2.75) is 20.0 Å². The lowest BCUT2D eigenvalue weighted by Crippen LogP contribution is -2.32. The quantitative estimate of drug-likeness (QED) is 0.442. The molecule has 2 aromatic carbocycles. The van der Waals surface area contributed by atoms with E-state index in [4.69, 9.17) is 4.74 Å². The molecule has 5 rings (SSSR count). The highest BCUT2D eigenvalue weighted by Crippen LogP contribution is 2.35. The lowest BCUT2D eigenvalue weighted by atomic mass is 10.1. The minimum absolute atomic E-state index is 0.0849. The molecule has 0 fully saturated rings. The van der Waals surface area contributed by atoms with E-state index in [-0.39, 0.29) is 17.6 Å². The van der Waals surface area contributed by atoms with Crippen molar-refractivity contribution in [3.8, 4) is 17.1 Å². The van der Waals surface area contributed by atoms with Gasteiger partial charge in [0.1, 0.15) is 10.3 Å². The standard InChI is InChI=1S/C24H20N4O3S/c1-4-13-27-18-8-6-5-7-17(18)19(22(27)29)20-23(30)28-24(32-20)25-21(26-28)15-9-11-16(12-10-15)31-14(2)3/h4-12,14H,1,13H2,2-3H3. The molecule has 0 aliphatic carbocycles. The molecule has 1 aliphatic rings. The Kier molecular flexibility index (Phi) is 4.86. The largest absolute Gasteiger partial charge is 0.491 e. The fourth-order valence-electron chi connectivity index (χ4n) is 3.77. The molecule has 32 heavy (non-hydrogen) atoms. The average molecular weight is 445 g/mol. The second-order valence-corrected chi connectivity index (χ2v) is 8.63. The van der Waals surface area contributed by atoms with Gasteiger partial charge in [-0.3, -0.25) is 9.59 Å². The van der Waals surface area contributed by atoms with Crippen LogP contribution in [-0.4, -0.2) is 33.2 Å². The predicted octanol–water partition coefficient (Wildman–Crippen LogP) is 3.06. The van der Waals surface area contributed by atoms with Crippen LogP contribution in [0.5, 0.6) is 5.75 Å². The number of benzene rings is 2. The summed E-state index contributed by atoms with van der Waals surface area (Å²) in [6, 6.07) is 14.9. The topological polar surface area (TPSA) is 76.8 Å². The van der Waals surface area contributed by atoms with Crippen LogP contribution >= 0.6 is 11.3 Å². The maximum absolute atomic E-state index is 13.2. The van der Waals surface area contributed by atoms with Crippen LogP contribution in [0.3, 0.4) is 0 Å². The summed E-state index contributed by atoms with van der Waals surface area (Å²) in [6.07, 6.45) is 1.75. The number of ether oxygens (including phenoxy) is 1. The van der Waals surface area contributed by atoms with Gasteiger partial charge in [-0.2, -0.15) is 9.50 Å². The first-order valence-electron chi connectivity index (χ1n) is 10.2. The van der Waals surface area contributed by atoms with Crippen molar-refractivity contribution in [2.75, 3.05) is 11.4 Å². The summed E-state index contributed by atoms with van der Waals surface area (Å²) >= 11 is 1.18. The van der Waals surface area contributed by atoms with Crippen LogP contribution in [0, 0.1) is 0 Å². The Bertz CT molecular complexity index is 1470. The Labute approximate surface area is 187 Å². The molecule has 2 aromatic heterocycles. The molecule has 1 aliphatic heterocycles. The minimum atomic E-state index is -0.345. The van der Waals surface area contributed by atoms with Crippen LogP contribution in [0.15, 0.2) is 66.0 Å². The zero-order valence-corrected chi connectivity index (χ0v) is 18.4. The maximum Gasteiger partial charge on any atom is 0.291 e. The zero-order chi connectivity index (χ0) is 22.4. The summed E-state index contributed by atoms with van der Waals surface area (Å²) in [4.78, 5) is 33.0. The van der Waals surface area contributed by atoms with E-state index in [0.29, 0.717) is 27.4 Å². The highest BCUT2D eigenvalue weighted by molar-refractivity contribution is 7.15. The first-order valence-corrected chi connectivity index (χ1v) is 11.0. The van der Waals surface area contributed by atoms with Crippen molar-refractivity contribution in [3.63, 3.8) is 0 Å².